The van der Waals surface area contributed by atoms with Gasteiger partial charge in [-0.2, -0.15) is 0 Å². The molecule has 0 aromatic heterocycles. The third-order valence-electron chi connectivity index (χ3n) is 2.37. The van der Waals surface area contributed by atoms with Crippen molar-refractivity contribution >= 4 is 5.97 Å². The van der Waals surface area contributed by atoms with E-state index in [1.807, 2.05) is 6.92 Å². The average molecular weight is 231 g/mol. The van der Waals surface area contributed by atoms with Gasteiger partial charge >= 0.3 is 5.97 Å². The van der Waals surface area contributed by atoms with Crippen LogP contribution in [0.5, 0.6) is 0 Å². The number of hydrogen-bond donors (Lipinski definition) is 2. The molecule has 0 amide bonds. The molecule has 0 spiro atoms. The van der Waals surface area contributed by atoms with Crippen LogP contribution < -0.4 is 5.32 Å². The Morgan fingerprint density at radius 1 is 1.31 bits per heavy atom. The van der Waals surface area contributed by atoms with Crippen LogP contribution in [0.4, 0.5) is 0 Å². The number of hydrogen-bond acceptors (Lipinski definition) is 4. The summed E-state index contributed by atoms with van der Waals surface area (Å²) in [7, 11) is 0. The van der Waals surface area contributed by atoms with Crippen LogP contribution in [0.15, 0.2) is 0 Å². The minimum atomic E-state index is -0.168. The molecule has 0 aliphatic carbocycles. The molecule has 0 bridgehead atoms. The minimum absolute atomic E-state index is 0.147. The summed E-state index contributed by atoms with van der Waals surface area (Å²) in [5.74, 6) is -0.147. The number of unbranched alkanes of at least 4 members (excludes halogenated alkanes) is 2. The van der Waals surface area contributed by atoms with Crippen LogP contribution in [-0.2, 0) is 9.53 Å². The Hall–Kier alpha value is -0.610. The van der Waals surface area contributed by atoms with Gasteiger partial charge in [-0.1, -0.05) is 13.3 Å². The lowest BCUT2D eigenvalue weighted by molar-refractivity contribution is -0.145. The van der Waals surface area contributed by atoms with E-state index in [-0.39, 0.29) is 18.6 Å². The van der Waals surface area contributed by atoms with Crippen molar-refractivity contribution in [3.63, 3.8) is 0 Å². The van der Waals surface area contributed by atoms with Gasteiger partial charge in [0.1, 0.15) is 6.04 Å². The smallest absolute Gasteiger partial charge is 0.323 e. The summed E-state index contributed by atoms with van der Waals surface area (Å²) in [6, 6.07) is -0.168. The quantitative estimate of drug-likeness (QED) is 0.441. The Morgan fingerprint density at radius 3 is 2.62 bits per heavy atom. The summed E-state index contributed by atoms with van der Waals surface area (Å²) >= 11 is 0. The molecular formula is C12H25NO3. The topological polar surface area (TPSA) is 58.6 Å². The van der Waals surface area contributed by atoms with Crippen molar-refractivity contribution in [2.75, 3.05) is 19.8 Å². The number of aliphatic hydroxyl groups excluding tert-OH is 1. The first-order valence-electron chi connectivity index (χ1n) is 6.27. The summed E-state index contributed by atoms with van der Waals surface area (Å²) in [5, 5.41) is 11.8. The fourth-order valence-electron chi connectivity index (χ4n) is 1.52. The zero-order chi connectivity index (χ0) is 12.2. The maximum atomic E-state index is 11.5. The SMILES string of the molecule is CCCC(NCCCCCO)C(=O)OCC. The Balaban J connectivity index is 3.71. The number of esters is 1. The minimum Gasteiger partial charge on any atom is -0.465 e. The molecule has 1 unspecified atom stereocenters. The van der Waals surface area contributed by atoms with Crippen LogP contribution in [0.2, 0.25) is 0 Å². The molecule has 0 aliphatic rings. The van der Waals surface area contributed by atoms with E-state index < -0.39 is 0 Å². The van der Waals surface area contributed by atoms with Crippen LogP contribution in [0.25, 0.3) is 0 Å². The number of ether oxygens (including phenoxy) is 1. The molecule has 1 atom stereocenters. The molecule has 16 heavy (non-hydrogen) atoms. The third-order valence-corrected chi connectivity index (χ3v) is 2.37. The number of aliphatic hydroxyl groups is 1. The second kappa shape index (κ2) is 10.9. The first-order chi connectivity index (χ1) is 7.76. The van der Waals surface area contributed by atoms with E-state index in [0.29, 0.717) is 6.61 Å². The number of rotatable bonds is 10. The van der Waals surface area contributed by atoms with E-state index in [9.17, 15) is 4.79 Å². The van der Waals surface area contributed by atoms with Crippen molar-refractivity contribution < 1.29 is 14.6 Å². The largest absolute Gasteiger partial charge is 0.465 e. The summed E-state index contributed by atoms with van der Waals surface area (Å²) < 4.78 is 4.99. The van der Waals surface area contributed by atoms with Gasteiger partial charge < -0.3 is 15.2 Å². The van der Waals surface area contributed by atoms with E-state index in [2.05, 4.69) is 12.2 Å². The van der Waals surface area contributed by atoms with Gasteiger partial charge in [0.05, 0.1) is 6.61 Å². The highest BCUT2D eigenvalue weighted by Crippen LogP contribution is 2.01. The summed E-state index contributed by atoms with van der Waals surface area (Å²) in [4.78, 5) is 11.5. The summed E-state index contributed by atoms with van der Waals surface area (Å²) in [6.07, 6.45) is 4.59. The molecule has 0 saturated heterocycles. The Labute approximate surface area is 98.4 Å². The fourth-order valence-corrected chi connectivity index (χ4v) is 1.52. The van der Waals surface area contributed by atoms with Crippen LogP contribution >= 0.6 is 0 Å². The number of carbonyl (C=O) groups excluding carboxylic acids is 1. The molecule has 0 fully saturated rings. The molecule has 2 N–H and O–H groups in total. The molecule has 4 heteroatoms. The second-order valence-electron chi connectivity index (χ2n) is 3.83. The van der Waals surface area contributed by atoms with Crippen molar-refractivity contribution in [1.82, 2.24) is 5.32 Å². The highest BCUT2D eigenvalue weighted by Gasteiger charge is 2.17. The van der Waals surface area contributed by atoms with Crippen molar-refractivity contribution in [2.45, 2.75) is 52.0 Å². The molecule has 4 nitrogen and oxygen atoms in total. The lowest BCUT2D eigenvalue weighted by Gasteiger charge is -2.16. The predicted molar refractivity (Wildman–Crippen MR) is 64.3 cm³/mol. The zero-order valence-electron chi connectivity index (χ0n) is 10.5. The van der Waals surface area contributed by atoms with E-state index >= 15 is 0 Å². The Bertz CT molecular complexity index is 174. The Morgan fingerprint density at radius 2 is 2.06 bits per heavy atom. The molecule has 0 radical (unpaired) electrons. The van der Waals surface area contributed by atoms with Crippen LogP contribution in [0.3, 0.4) is 0 Å². The maximum Gasteiger partial charge on any atom is 0.323 e. The molecule has 96 valence electrons. The van der Waals surface area contributed by atoms with Crippen molar-refractivity contribution in [3.05, 3.63) is 0 Å². The van der Waals surface area contributed by atoms with Crippen molar-refractivity contribution in [1.29, 1.82) is 0 Å². The molecule has 0 aliphatic heterocycles. The number of carbonyl (C=O) groups is 1. The monoisotopic (exact) mass is 231 g/mol. The van der Waals surface area contributed by atoms with E-state index in [0.717, 1.165) is 38.6 Å². The van der Waals surface area contributed by atoms with Gasteiger partial charge in [-0.15, -0.1) is 0 Å². The van der Waals surface area contributed by atoms with Crippen LogP contribution in [-0.4, -0.2) is 36.9 Å². The van der Waals surface area contributed by atoms with Gasteiger partial charge in [-0.25, -0.2) is 0 Å². The lowest BCUT2D eigenvalue weighted by atomic mass is 10.1. The van der Waals surface area contributed by atoms with E-state index in [1.165, 1.54) is 0 Å². The lowest BCUT2D eigenvalue weighted by Crippen LogP contribution is -2.38. The zero-order valence-corrected chi connectivity index (χ0v) is 10.5. The van der Waals surface area contributed by atoms with Crippen LogP contribution in [0, 0.1) is 0 Å². The van der Waals surface area contributed by atoms with Crippen molar-refractivity contribution in [2.24, 2.45) is 0 Å². The first kappa shape index (κ1) is 15.4. The highest BCUT2D eigenvalue weighted by atomic mass is 16.5. The standard InChI is InChI=1S/C12H25NO3/c1-3-8-11(12(15)16-4-2)13-9-6-5-7-10-14/h11,13-14H,3-10H2,1-2H3. The summed E-state index contributed by atoms with van der Waals surface area (Å²) in [6.45, 7) is 5.37. The molecule has 0 aromatic carbocycles. The molecule has 0 heterocycles. The third kappa shape index (κ3) is 7.65. The normalized spacial score (nSPS) is 12.4. The number of nitrogens with one attached hydrogen (secondary N) is 1. The van der Waals surface area contributed by atoms with Gasteiger partial charge in [-0.05, 0) is 39.2 Å². The molecular weight excluding hydrogens is 206 g/mol. The second-order valence-corrected chi connectivity index (χ2v) is 3.83. The average Bonchev–Trinajstić information content (AvgIpc) is 2.27. The predicted octanol–water partition coefficient (Wildman–Crippen LogP) is 1.47. The first-order valence-corrected chi connectivity index (χ1v) is 6.27. The highest BCUT2D eigenvalue weighted by molar-refractivity contribution is 5.75. The summed E-state index contributed by atoms with van der Waals surface area (Å²) in [5.41, 5.74) is 0. The van der Waals surface area contributed by atoms with E-state index in [4.69, 9.17) is 9.84 Å². The molecule has 0 rings (SSSR count). The molecule has 0 saturated carbocycles. The van der Waals surface area contributed by atoms with Gasteiger partial charge in [0.2, 0.25) is 0 Å². The van der Waals surface area contributed by atoms with E-state index in [1.54, 1.807) is 0 Å². The molecule has 0 aromatic rings. The van der Waals surface area contributed by atoms with Gasteiger partial charge in [-0.3, -0.25) is 4.79 Å². The maximum absolute atomic E-state index is 11.5. The van der Waals surface area contributed by atoms with Gasteiger partial charge in [0, 0.05) is 6.61 Å². The van der Waals surface area contributed by atoms with Gasteiger partial charge in [0.25, 0.3) is 0 Å². The van der Waals surface area contributed by atoms with Crippen LogP contribution in [0.1, 0.15) is 46.0 Å². The Kier molecular flexibility index (Phi) is 10.5. The van der Waals surface area contributed by atoms with Crippen molar-refractivity contribution in [3.8, 4) is 0 Å². The fraction of sp³-hybridized carbons (Fsp3) is 0.917. The van der Waals surface area contributed by atoms with Gasteiger partial charge in [0.15, 0.2) is 0 Å².